The second-order valence-electron chi connectivity index (χ2n) is 11.0. The van der Waals surface area contributed by atoms with E-state index in [4.69, 9.17) is 16.3 Å². The molecule has 1 aliphatic rings. The number of ether oxygens (including phenoxy) is 1. The number of aryl methyl sites for hydroxylation is 1. The van der Waals surface area contributed by atoms with Crippen LogP contribution in [0.4, 0.5) is 11.4 Å². The summed E-state index contributed by atoms with van der Waals surface area (Å²) in [5, 5.41) is 14.9. The maximum Gasteiger partial charge on any atom is 0.273 e. The minimum Gasteiger partial charge on any atom is -0.495 e. The van der Waals surface area contributed by atoms with Crippen molar-refractivity contribution in [2.45, 2.75) is 69.5 Å². The molecule has 1 N–H and O–H groups in total. The van der Waals surface area contributed by atoms with Gasteiger partial charge in [-0.25, -0.2) is 8.42 Å². The van der Waals surface area contributed by atoms with E-state index in [2.05, 4.69) is 5.32 Å². The van der Waals surface area contributed by atoms with Crippen LogP contribution in [0.1, 0.15) is 50.2 Å². The van der Waals surface area contributed by atoms with Crippen LogP contribution in [0, 0.1) is 17.0 Å². The zero-order valence-corrected chi connectivity index (χ0v) is 27.0. The number of benzene rings is 3. The van der Waals surface area contributed by atoms with Crippen LogP contribution in [0.15, 0.2) is 71.6 Å². The molecule has 4 rings (SSSR count). The highest BCUT2D eigenvalue weighted by Gasteiger charge is 2.36. The number of hydrogen-bond donors (Lipinski definition) is 1. The van der Waals surface area contributed by atoms with Crippen molar-refractivity contribution in [2.24, 2.45) is 0 Å². The van der Waals surface area contributed by atoms with Crippen molar-refractivity contribution in [3.8, 4) is 5.75 Å². The molecule has 3 aromatic rings. The number of methoxy groups -OCH3 is 1. The number of carbonyl (C=O) groups is 2. The molecule has 0 aromatic heterocycles. The van der Waals surface area contributed by atoms with E-state index in [9.17, 15) is 28.1 Å². The molecular formula is C32H37ClN4O7S. The number of anilines is 1. The fraction of sp³-hybridized carbons (Fsp3) is 0.375. The number of carbonyl (C=O) groups excluding carboxylic acids is 2. The van der Waals surface area contributed by atoms with Gasteiger partial charge in [-0.2, -0.15) is 0 Å². The quantitative estimate of drug-likeness (QED) is 0.186. The zero-order valence-electron chi connectivity index (χ0n) is 25.4. The number of hydrogen-bond acceptors (Lipinski definition) is 7. The van der Waals surface area contributed by atoms with Crippen molar-refractivity contribution < 1.29 is 27.7 Å². The van der Waals surface area contributed by atoms with Crippen molar-refractivity contribution in [2.75, 3.05) is 18.0 Å². The Kier molecular flexibility index (Phi) is 11.1. The lowest BCUT2D eigenvalue weighted by Crippen LogP contribution is -2.53. The molecule has 240 valence electrons. The average Bonchev–Trinajstić information content (AvgIpc) is 3.53. The van der Waals surface area contributed by atoms with Gasteiger partial charge in [0.25, 0.3) is 15.7 Å². The van der Waals surface area contributed by atoms with Gasteiger partial charge in [-0.1, -0.05) is 67.8 Å². The molecule has 1 fully saturated rings. The first-order valence-electron chi connectivity index (χ1n) is 14.7. The van der Waals surface area contributed by atoms with Gasteiger partial charge in [0.2, 0.25) is 11.8 Å². The molecule has 0 aliphatic heterocycles. The normalized spacial score (nSPS) is 14.0. The van der Waals surface area contributed by atoms with Crippen LogP contribution in [0.2, 0.25) is 5.02 Å². The number of nitro groups is 1. The predicted octanol–water partition coefficient (Wildman–Crippen LogP) is 5.63. The predicted molar refractivity (Wildman–Crippen MR) is 172 cm³/mol. The van der Waals surface area contributed by atoms with Gasteiger partial charge in [0, 0.05) is 29.2 Å². The van der Waals surface area contributed by atoms with Crippen LogP contribution < -0.4 is 14.4 Å². The van der Waals surface area contributed by atoms with Gasteiger partial charge >= 0.3 is 0 Å². The molecule has 0 saturated heterocycles. The lowest BCUT2D eigenvalue weighted by molar-refractivity contribution is -0.385. The fourth-order valence-electron chi connectivity index (χ4n) is 5.51. The molecule has 0 unspecified atom stereocenters. The van der Waals surface area contributed by atoms with Gasteiger partial charge in [0.1, 0.15) is 18.3 Å². The Morgan fingerprint density at radius 3 is 2.40 bits per heavy atom. The summed E-state index contributed by atoms with van der Waals surface area (Å²) in [6.45, 7) is 2.61. The lowest BCUT2D eigenvalue weighted by atomic mass is 10.1. The number of nitrogens with zero attached hydrogens (tertiary/aromatic N) is 3. The fourth-order valence-corrected chi connectivity index (χ4v) is 7.12. The Morgan fingerprint density at radius 1 is 1.09 bits per heavy atom. The third-order valence-corrected chi connectivity index (χ3v) is 9.93. The third kappa shape index (κ3) is 7.93. The second kappa shape index (κ2) is 14.7. The van der Waals surface area contributed by atoms with E-state index in [1.54, 1.807) is 6.92 Å². The maximum absolute atomic E-state index is 14.3. The summed E-state index contributed by atoms with van der Waals surface area (Å²) in [6.07, 6.45) is 4.03. The van der Waals surface area contributed by atoms with Crippen molar-refractivity contribution in [1.82, 2.24) is 10.2 Å². The van der Waals surface area contributed by atoms with Gasteiger partial charge in [-0.15, -0.1) is 0 Å². The highest BCUT2D eigenvalue weighted by atomic mass is 35.5. The maximum atomic E-state index is 14.3. The standard InChI is InChI=1S/C32H37ClN4O7S/c1-4-27(32(39)34-25-12-8-9-13-25)35(20-23-10-6-5-7-11-23)31(38)21-36(29-18-24(33)15-17-30(29)44-3)45(42,43)26-16-14-22(2)28(19-26)37(40)41/h5-7,10-11,14-19,25,27H,4,8-9,12-13,20-21H2,1-3H3,(H,34,39)/t27-/m0/s1. The number of amides is 2. The van der Waals surface area contributed by atoms with Crippen LogP contribution in [-0.4, -0.2) is 55.8 Å². The molecule has 0 radical (unpaired) electrons. The minimum atomic E-state index is -4.61. The summed E-state index contributed by atoms with van der Waals surface area (Å²) in [4.78, 5) is 39.9. The van der Waals surface area contributed by atoms with Crippen molar-refractivity contribution in [3.05, 3.63) is 93.0 Å². The molecule has 0 spiro atoms. The number of sulfonamides is 1. The molecule has 45 heavy (non-hydrogen) atoms. The van der Waals surface area contributed by atoms with Gasteiger partial charge in [0.05, 0.1) is 22.6 Å². The van der Waals surface area contributed by atoms with Crippen LogP contribution in [0.3, 0.4) is 0 Å². The summed E-state index contributed by atoms with van der Waals surface area (Å²) in [5.74, 6) is -0.852. The van der Waals surface area contributed by atoms with Gasteiger partial charge in [0.15, 0.2) is 0 Å². The van der Waals surface area contributed by atoms with Crippen LogP contribution in [-0.2, 0) is 26.2 Å². The Balaban J connectivity index is 1.80. The van der Waals surface area contributed by atoms with Gasteiger partial charge in [-0.3, -0.25) is 24.0 Å². The summed E-state index contributed by atoms with van der Waals surface area (Å²) < 4.78 is 34.8. The van der Waals surface area contributed by atoms with Crippen LogP contribution in [0.25, 0.3) is 0 Å². The molecule has 0 heterocycles. The summed E-state index contributed by atoms with van der Waals surface area (Å²) >= 11 is 6.29. The molecule has 13 heteroatoms. The van der Waals surface area contributed by atoms with Crippen molar-refractivity contribution >= 4 is 44.8 Å². The van der Waals surface area contributed by atoms with Gasteiger partial charge in [-0.05, 0) is 56.0 Å². The number of rotatable bonds is 13. The molecule has 1 atom stereocenters. The first kappa shape index (κ1) is 33.7. The van der Waals surface area contributed by atoms with E-state index >= 15 is 0 Å². The highest BCUT2D eigenvalue weighted by molar-refractivity contribution is 7.92. The number of nitrogens with one attached hydrogen (secondary N) is 1. The smallest absolute Gasteiger partial charge is 0.273 e. The zero-order chi connectivity index (χ0) is 32.7. The third-order valence-electron chi connectivity index (χ3n) is 7.94. The van der Waals surface area contributed by atoms with E-state index in [0.717, 1.165) is 41.6 Å². The highest BCUT2D eigenvalue weighted by Crippen LogP contribution is 2.36. The van der Waals surface area contributed by atoms with Crippen molar-refractivity contribution in [3.63, 3.8) is 0 Å². The Bertz CT molecular complexity index is 1650. The van der Waals surface area contributed by atoms with Crippen LogP contribution >= 0.6 is 11.6 Å². The SMILES string of the molecule is CC[C@@H](C(=O)NC1CCCC1)N(Cc1ccccc1)C(=O)CN(c1cc(Cl)ccc1OC)S(=O)(=O)c1ccc(C)c([N+](=O)[O-])c1. The molecule has 0 bridgehead atoms. The van der Waals surface area contributed by atoms with Crippen molar-refractivity contribution in [1.29, 1.82) is 0 Å². The number of halogens is 1. The molecule has 1 saturated carbocycles. The first-order valence-corrected chi connectivity index (χ1v) is 16.5. The molecule has 2 amide bonds. The van der Waals surface area contributed by atoms with E-state index in [1.165, 1.54) is 49.3 Å². The molecule has 11 nitrogen and oxygen atoms in total. The Labute approximate surface area is 268 Å². The largest absolute Gasteiger partial charge is 0.495 e. The van der Waals surface area contributed by atoms with E-state index < -0.39 is 38.3 Å². The molecule has 3 aromatic carbocycles. The Morgan fingerprint density at radius 2 is 1.78 bits per heavy atom. The number of nitro benzene ring substituents is 1. The second-order valence-corrected chi connectivity index (χ2v) is 13.3. The topological polar surface area (TPSA) is 139 Å². The summed E-state index contributed by atoms with van der Waals surface area (Å²) in [7, 11) is -3.26. The lowest BCUT2D eigenvalue weighted by Gasteiger charge is -2.34. The minimum absolute atomic E-state index is 0.0187. The molecule has 1 aliphatic carbocycles. The van der Waals surface area contributed by atoms with E-state index in [-0.39, 0.29) is 52.6 Å². The summed E-state index contributed by atoms with van der Waals surface area (Å²) in [6, 6.07) is 16.1. The van der Waals surface area contributed by atoms with E-state index in [0.29, 0.717) is 0 Å². The molecular weight excluding hydrogens is 620 g/mol. The van der Waals surface area contributed by atoms with E-state index in [1.807, 2.05) is 30.3 Å². The first-order chi connectivity index (χ1) is 21.5. The van der Waals surface area contributed by atoms with Gasteiger partial charge < -0.3 is 15.0 Å². The Hall–Kier alpha value is -4.16. The monoisotopic (exact) mass is 656 g/mol. The summed E-state index contributed by atoms with van der Waals surface area (Å²) in [5.41, 5.74) is 0.599. The average molecular weight is 657 g/mol. The van der Waals surface area contributed by atoms with Crippen LogP contribution in [0.5, 0.6) is 5.75 Å².